The van der Waals surface area contributed by atoms with E-state index in [9.17, 15) is 27.6 Å². The number of carbonyl (C=O) groups is 4. The molecule has 0 aliphatic heterocycles. The second kappa shape index (κ2) is 18.3. The summed E-state index contributed by atoms with van der Waals surface area (Å²) in [5.41, 5.74) is 12.9. The second-order valence-corrected chi connectivity index (χ2v) is 8.51. The van der Waals surface area contributed by atoms with Crippen molar-refractivity contribution < 1.29 is 46.9 Å². The number of benzene rings is 2. The van der Waals surface area contributed by atoms with E-state index in [1.54, 1.807) is 0 Å². The van der Waals surface area contributed by atoms with E-state index in [0.29, 0.717) is 13.0 Å². The van der Waals surface area contributed by atoms with Crippen molar-refractivity contribution in [2.24, 2.45) is 17.4 Å². The van der Waals surface area contributed by atoms with Crippen LogP contribution in [0.3, 0.4) is 0 Å². The van der Waals surface area contributed by atoms with Gasteiger partial charge in [-0.25, -0.2) is 4.79 Å². The number of carboxylic acid groups (broad SMARTS) is 1. The summed E-state index contributed by atoms with van der Waals surface area (Å²) in [7, 11) is 0. The Morgan fingerprint density at radius 1 is 0.825 bits per heavy atom. The van der Waals surface area contributed by atoms with Crippen molar-refractivity contribution in [1.29, 1.82) is 0 Å². The summed E-state index contributed by atoms with van der Waals surface area (Å²) in [4.78, 5) is 46.4. The Morgan fingerprint density at radius 3 is 1.68 bits per heavy atom. The molecule has 6 N–H and O–H groups in total. The molecule has 10 nitrogen and oxygen atoms in total. The molecule has 0 radical (unpaired) electrons. The van der Waals surface area contributed by atoms with Crippen LogP contribution in [0, 0.1) is 5.92 Å². The molecule has 2 aromatic rings. The molecule has 0 fully saturated rings. The van der Waals surface area contributed by atoms with Crippen LogP contribution in [0.2, 0.25) is 0 Å². The predicted octanol–water partition coefficient (Wildman–Crippen LogP) is 2.69. The summed E-state index contributed by atoms with van der Waals surface area (Å²) in [5, 5.41) is 9.81. The molecule has 13 heteroatoms. The lowest BCUT2D eigenvalue weighted by Crippen LogP contribution is -2.42. The first-order valence-electron chi connectivity index (χ1n) is 12.4. The van der Waals surface area contributed by atoms with Gasteiger partial charge in [-0.15, -0.1) is 0 Å². The molecule has 2 rings (SSSR count). The maximum atomic E-state index is 12.7. The lowest BCUT2D eigenvalue weighted by Gasteiger charge is -2.17. The molecule has 0 saturated carbocycles. The van der Waals surface area contributed by atoms with Crippen molar-refractivity contribution in [2.75, 3.05) is 13.1 Å². The summed E-state index contributed by atoms with van der Waals surface area (Å²) < 4.78 is 42.4. The number of amides is 1. The fourth-order valence-electron chi connectivity index (χ4n) is 3.10. The fourth-order valence-corrected chi connectivity index (χ4v) is 3.10. The highest BCUT2D eigenvalue weighted by Gasteiger charge is 2.38. The van der Waals surface area contributed by atoms with Crippen LogP contribution in [0.1, 0.15) is 36.8 Å². The molecule has 0 saturated heterocycles. The highest BCUT2D eigenvalue weighted by Crippen LogP contribution is 2.14. The number of unbranched alkanes of at least 4 members (excludes halogenated alkanes) is 1. The van der Waals surface area contributed by atoms with Crippen LogP contribution in [0.4, 0.5) is 13.2 Å². The van der Waals surface area contributed by atoms with E-state index in [-0.39, 0.29) is 32.1 Å². The lowest BCUT2D eigenvalue weighted by molar-refractivity contribution is -0.192. The van der Waals surface area contributed by atoms with Crippen LogP contribution in [-0.4, -0.2) is 54.2 Å². The van der Waals surface area contributed by atoms with E-state index in [2.05, 4.69) is 5.32 Å². The van der Waals surface area contributed by atoms with Gasteiger partial charge in [-0.1, -0.05) is 67.1 Å². The normalized spacial score (nSPS) is 11.6. The third-order valence-electron chi connectivity index (χ3n) is 5.30. The topological polar surface area (TPSA) is 171 Å². The predicted molar refractivity (Wildman–Crippen MR) is 138 cm³/mol. The first-order chi connectivity index (χ1) is 19.0. The largest absolute Gasteiger partial charge is 0.490 e. The molecule has 0 spiro atoms. The van der Waals surface area contributed by atoms with Gasteiger partial charge in [0.05, 0.1) is 6.04 Å². The minimum Gasteiger partial charge on any atom is -0.475 e. The second-order valence-electron chi connectivity index (χ2n) is 8.51. The number of ether oxygens (including phenoxy) is 2. The van der Waals surface area contributed by atoms with Gasteiger partial charge in [-0.2, -0.15) is 13.2 Å². The zero-order chi connectivity index (χ0) is 30.0. The SMILES string of the molecule is NCCCC[C@H](N)C(=O)NCCC(C(=O)OCc1ccccc1)C(=O)OCc1ccccc1.O=C(O)C(F)(F)F. The Hall–Kier alpha value is -3.97. The lowest BCUT2D eigenvalue weighted by atomic mass is 10.1. The maximum absolute atomic E-state index is 12.7. The van der Waals surface area contributed by atoms with E-state index in [1.165, 1.54) is 0 Å². The van der Waals surface area contributed by atoms with Crippen molar-refractivity contribution in [3.63, 3.8) is 0 Å². The number of aliphatic carboxylic acids is 1. The number of nitrogens with two attached hydrogens (primary N) is 2. The Morgan fingerprint density at radius 2 is 1.27 bits per heavy atom. The number of carbonyl (C=O) groups excluding carboxylic acids is 3. The summed E-state index contributed by atoms with van der Waals surface area (Å²) >= 11 is 0. The molecular weight excluding hydrogens is 535 g/mol. The van der Waals surface area contributed by atoms with Crippen LogP contribution in [0.15, 0.2) is 60.7 Å². The highest BCUT2D eigenvalue weighted by atomic mass is 19.4. The average molecular weight is 570 g/mol. The Bertz CT molecular complexity index is 999. The van der Waals surface area contributed by atoms with Gasteiger partial charge in [0.15, 0.2) is 5.92 Å². The Kier molecular flexibility index (Phi) is 15.6. The molecule has 40 heavy (non-hydrogen) atoms. The van der Waals surface area contributed by atoms with Crippen LogP contribution < -0.4 is 16.8 Å². The van der Waals surface area contributed by atoms with E-state index < -0.39 is 36.0 Å². The van der Waals surface area contributed by atoms with Gasteiger partial charge in [0.25, 0.3) is 0 Å². The van der Waals surface area contributed by atoms with E-state index in [4.69, 9.17) is 30.8 Å². The first kappa shape index (κ1) is 34.1. The number of rotatable bonds is 14. The zero-order valence-corrected chi connectivity index (χ0v) is 21.8. The van der Waals surface area contributed by atoms with Crippen LogP contribution in [0.25, 0.3) is 0 Å². The molecule has 2 aromatic carbocycles. The van der Waals surface area contributed by atoms with Gasteiger partial charge in [0.1, 0.15) is 13.2 Å². The Labute approximate surface area is 229 Å². The van der Waals surface area contributed by atoms with Crippen molar-refractivity contribution in [2.45, 2.75) is 51.1 Å². The molecular formula is C27H34F3N3O7. The Balaban J connectivity index is 0.00000101. The van der Waals surface area contributed by atoms with Crippen molar-refractivity contribution in [3.8, 4) is 0 Å². The molecule has 220 valence electrons. The van der Waals surface area contributed by atoms with Gasteiger partial charge >= 0.3 is 24.1 Å². The number of carboxylic acids is 1. The van der Waals surface area contributed by atoms with E-state index in [1.807, 2.05) is 60.7 Å². The van der Waals surface area contributed by atoms with Gasteiger partial charge in [-0.05, 0) is 36.9 Å². The fraction of sp³-hybridized carbons (Fsp3) is 0.407. The zero-order valence-electron chi connectivity index (χ0n) is 21.8. The molecule has 0 bridgehead atoms. The van der Waals surface area contributed by atoms with Crippen LogP contribution in [-0.2, 0) is 41.9 Å². The van der Waals surface area contributed by atoms with Gasteiger partial charge in [0.2, 0.25) is 5.91 Å². The monoisotopic (exact) mass is 569 g/mol. The maximum Gasteiger partial charge on any atom is 0.490 e. The third kappa shape index (κ3) is 14.3. The minimum atomic E-state index is -5.08. The van der Waals surface area contributed by atoms with Gasteiger partial charge < -0.3 is 31.4 Å². The molecule has 0 aliphatic carbocycles. The number of hydrogen-bond acceptors (Lipinski definition) is 8. The first-order valence-corrected chi connectivity index (χ1v) is 12.4. The molecule has 1 atom stereocenters. The van der Waals surface area contributed by atoms with Gasteiger partial charge in [-0.3, -0.25) is 14.4 Å². The summed E-state index contributed by atoms with van der Waals surface area (Å²) in [6, 6.07) is 17.7. The van der Waals surface area contributed by atoms with Crippen molar-refractivity contribution in [3.05, 3.63) is 71.8 Å². The number of alkyl halides is 3. The van der Waals surface area contributed by atoms with E-state index >= 15 is 0 Å². The number of esters is 2. The number of nitrogens with one attached hydrogen (secondary N) is 1. The highest BCUT2D eigenvalue weighted by molar-refractivity contribution is 5.95. The molecule has 0 unspecified atom stereocenters. The third-order valence-corrected chi connectivity index (χ3v) is 5.30. The minimum absolute atomic E-state index is 0.0422. The standard InChI is InChI=1S/C25H33N3O5.C2HF3O2/c26-15-8-7-13-22(27)23(29)28-16-14-21(24(30)32-17-19-9-3-1-4-10-19)25(31)33-18-20-11-5-2-6-12-20;3-2(4,5)1(6)7/h1-6,9-12,21-22H,7-8,13-18,26-27H2,(H,28,29);(H,6,7)/t22-;/m0./s1. The smallest absolute Gasteiger partial charge is 0.475 e. The summed E-state index contributed by atoms with van der Waals surface area (Å²) in [5.74, 6) is -5.64. The van der Waals surface area contributed by atoms with Gasteiger partial charge in [0, 0.05) is 6.54 Å². The summed E-state index contributed by atoms with van der Waals surface area (Å²) in [6.45, 7) is 0.724. The molecule has 0 aromatic heterocycles. The quantitative estimate of drug-likeness (QED) is 0.152. The molecule has 1 amide bonds. The van der Waals surface area contributed by atoms with Crippen molar-refractivity contribution >= 4 is 23.8 Å². The molecule has 0 heterocycles. The van der Waals surface area contributed by atoms with Crippen molar-refractivity contribution in [1.82, 2.24) is 5.32 Å². The molecule has 0 aliphatic rings. The van der Waals surface area contributed by atoms with Crippen LogP contribution >= 0.6 is 0 Å². The van der Waals surface area contributed by atoms with Crippen LogP contribution in [0.5, 0.6) is 0 Å². The summed E-state index contributed by atoms with van der Waals surface area (Å²) in [6.07, 6.45) is -2.97. The average Bonchev–Trinajstić information content (AvgIpc) is 2.93. The van der Waals surface area contributed by atoms with E-state index in [0.717, 1.165) is 24.0 Å². The number of halogens is 3. The number of hydrogen-bond donors (Lipinski definition) is 4.